The van der Waals surface area contributed by atoms with Gasteiger partial charge in [0.2, 0.25) is 5.91 Å². The van der Waals surface area contributed by atoms with Crippen LogP contribution in [0.2, 0.25) is 0 Å². The lowest BCUT2D eigenvalue weighted by molar-refractivity contribution is -0.122. The number of carbonyl (C=O) groups is 1. The molecule has 1 unspecified atom stereocenters. The molecule has 0 aliphatic carbocycles. The van der Waals surface area contributed by atoms with Crippen molar-refractivity contribution in [1.82, 2.24) is 9.88 Å². The van der Waals surface area contributed by atoms with Crippen LogP contribution in [0.4, 0.5) is 0 Å². The van der Waals surface area contributed by atoms with Gasteiger partial charge < -0.3 is 9.88 Å². The van der Waals surface area contributed by atoms with E-state index in [0.717, 1.165) is 17.3 Å². The summed E-state index contributed by atoms with van der Waals surface area (Å²) in [5.41, 5.74) is -0.169. The van der Waals surface area contributed by atoms with Crippen LogP contribution < -0.4 is 10.9 Å². The van der Waals surface area contributed by atoms with Crippen LogP contribution in [0.3, 0.4) is 0 Å². The third-order valence-corrected chi connectivity index (χ3v) is 3.38. The largest absolute Gasteiger partial charge is 0.352 e. The number of hydrogen-bond acceptors (Lipinski definition) is 2. The van der Waals surface area contributed by atoms with Gasteiger partial charge in [0.25, 0.3) is 5.56 Å². The first kappa shape index (κ1) is 16.0. The Morgan fingerprint density at radius 2 is 2.16 bits per heavy atom. The van der Waals surface area contributed by atoms with E-state index in [1.807, 2.05) is 6.92 Å². The number of pyridine rings is 1. The van der Waals surface area contributed by atoms with E-state index in [1.54, 1.807) is 12.3 Å². The summed E-state index contributed by atoms with van der Waals surface area (Å²) in [5, 5.41) is 2.92. The Bertz CT molecular complexity index is 471. The zero-order chi connectivity index (χ0) is 14.3. The van der Waals surface area contributed by atoms with Crippen LogP contribution in [0.15, 0.2) is 27.6 Å². The molecule has 1 aromatic rings. The van der Waals surface area contributed by atoms with Crippen molar-refractivity contribution in [2.24, 2.45) is 0 Å². The van der Waals surface area contributed by atoms with Gasteiger partial charge in [0, 0.05) is 22.8 Å². The van der Waals surface area contributed by atoms with Crippen molar-refractivity contribution in [1.29, 1.82) is 0 Å². The van der Waals surface area contributed by atoms with Gasteiger partial charge >= 0.3 is 0 Å². The van der Waals surface area contributed by atoms with E-state index in [0.29, 0.717) is 0 Å². The number of rotatable bonds is 7. The molecule has 1 atom stereocenters. The summed E-state index contributed by atoms with van der Waals surface area (Å²) >= 11 is 3.29. The highest BCUT2D eigenvalue weighted by molar-refractivity contribution is 9.10. The Labute approximate surface area is 122 Å². The summed E-state index contributed by atoms with van der Waals surface area (Å²) < 4.78 is 2.19. The monoisotopic (exact) mass is 328 g/mol. The Hall–Kier alpha value is -1.10. The van der Waals surface area contributed by atoms with E-state index >= 15 is 0 Å². The minimum absolute atomic E-state index is 0.0659. The van der Waals surface area contributed by atoms with Gasteiger partial charge in [0.1, 0.15) is 6.54 Å². The number of unbranched alkanes of at least 4 members (excludes halogenated alkanes) is 2. The highest BCUT2D eigenvalue weighted by atomic mass is 79.9. The van der Waals surface area contributed by atoms with Crippen LogP contribution in [-0.4, -0.2) is 16.5 Å². The topological polar surface area (TPSA) is 51.1 Å². The number of hydrogen-bond donors (Lipinski definition) is 1. The zero-order valence-corrected chi connectivity index (χ0v) is 13.1. The third-order valence-electron chi connectivity index (χ3n) is 2.91. The van der Waals surface area contributed by atoms with Crippen molar-refractivity contribution >= 4 is 21.8 Å². The molecule has 0 saturated heterocycles. The van der Waals surface area contributed by atoms with Crippen LogP contribution in [0.5, 0.6) is 0 Å². The van der Waals surface area contributed by atoms with Crippen LogP contribution in [-0.2, 0) is 11.3 Å². The van der Waals surface area contributed by atoms with Crippen LogP contribution in [0, 0.1) is 0 Å². The fraction of sp³-hybridized carbons (Fsp3) is 0.571. The summed E-state index contributed by atoms with van der Waals surface area (Å²) in [4.78, 5) is 23.4. The number of aromatic nitrogens is 1. The van der Waals surface area contributed by atoms with Crippen molar-refractivity contribution < 1.29 is 4.79 Å². The number of nitrogens with zero attached hydrogens (tertiary/aromatic N) is 1. The lowest BCUT2D eigenvalue weighted by Crippen LogP contribution is -2.37. The second kappa shape index (κ2) is 8.15. The van der Waals surface area contributed by atoms with Crippen molar-refractivity contribution in [2.45, 2.75) is 52.1 Å². The molecular weight excluding hydrogens is 308 g/mol. The summed E-state index contributed by atoms with van der Waals surface area (Å²) in [6.07, 6.45) is 6.09. The Morgan fingerprint density at radius 3 is 2.84 bits per heavy atom. The molecule has 1 heterocycles. The second-order valence-electron chi connectivity index (χ2n) is 4.78. The van der Waals surface area contributed by atoms with Gasteiger partial charge in [-0.15, -0.1) is 0 Å². The van der Waals surface area contributed by atoms with Gasteiger partial charge in [0.05, 0.1) is 0 Å². The molecular formula is C14H21BrN2O2. The standard InChI is InChI=1S/C14H21BrN2O2/c1-3-4-5-6-11(2)16-13(18)10-17-9-12(15)7-8-14(17)19/h7-9,11H,3-6,10H2,1-2H3,(H,16,18). The lowest BCUT2D eigenvalue weighted by Gasteiger charge is -2.14. The quantitative estimate of drug-likeness (QED) is 0.782. The number of amides is 1. The maximum atomic E-state index is 11.8. The van der Waals surface area contributed by atoms with E-state index in [4.69, 9.17) is 0 Å². The molecule has 0 aromatic carbocycles. The number of halogens is 1. The minimum Gasteiger partial charge on any atom is -0.352 e. The van der Waals surface area contributed by atoms with E-state index in [1.165, 1.54) is 23.5 Å². The van der Waals surface area contributed by atoms with Crippen LogP contribution in [0.25, 0.3) is 0 Å². The van der Waals surface area contributed by atoms with Crippen molar-refractivity contribution in [3.05, 3.63) is 33.2 Å². The average Bonchev–Trinajstić information content (AvgIpc) is 2.34. The van der Waals surface area contributed by atoms with Gasteiger partial charge in [-0.1, -0.05) is 26.2 Å². The average molecular weight is 329 g/mol. The van der Waals surface area contributed by atoms with Gasteiger partial charge in [-0.25, -0.2) is 0 Å². The second-order valence-corrected chi connectivity index (χ2v) is 5.69. The van der Waals surface area contributed by atoms with Gasteiger partial charge in [-0.3, -0.25) is 9.59 Å². The summed E-state index contributed by atoms with van der Waals surface area (Å²) in [5.74, 6) is -0.121. The maximum absolute atomic E-state index is 11.8. The molecule has 1 N–H and O–H groups in total. The third kappa shape index (κ3) is 6.05. The Kier molecular flexibility index (Phi) is 6.84. The van der Waals surface area contributed by atoms with E-state index in [2.05, 4.69) is 28.2 Å². The first-order valence-electron chi connectivity index (χ1n) is 6.68. The van der Waals surface area contributed by atoms with Crippen molar-refractivity contribution in [2.75, 3.05) is 0 Å². The lowest BCUT2D eigenvalue weighted by atomic mass is 10.1. The summed E-state index contributed by atoms with van der Waals surface area (Å²) in [7, 11) is 0. The van der Waals surface area contributed by atoms with E-state index < -0.39 is 0 Å². The minimum atomic E-state index is -0.169. The summed E-state index contributed by atoms with van der Waals surface area (Å²) in [6, 6.07) is 3.27. The molecule has 1 amide bonds. The highest BCUT2D eigenvalue weighted by Crippen LogP contribution is 2.05. The molecule has 4 nitrogen and oxygen atoms in total. The molecule has 106 valence electrons. The predicted octanol–water partition coefficient (Wildman–Crippen LogP) is 2.70. The molecule has 0 aliphatic rings. The van der Waals surface area contributed by atoms with Gasteiger partial charge in [-0.2, -0.15) is 0 Å². The van der Waals surface area contributed by atoms with E-state index in [9.17, 15) is 9.59 Å². The molecule has 0 saturated carbocycles. The molecule has 0 fully saturated rings. The molecule has 0 bridgehead atoms. The molecule has 0 radical (unpaired) electrons. The first-order valence-corrected chi connectivity index (χ1v) is 7.47. The smallest absolute Gasteiger partial charge is 0.251 e. The van der Waals surface area contributed by atoms with Crippen molar-refractivity contribution in [3.8, 4) is 0 Å². The predicted molar refractivity (Wildman–Crippen MR) is 80.1 cm³/mol. The van der Waals surface area contributed by atoms with Crippen molar-refractivity contribution in [3.63, 3.8) is 0 Å². The molecule has 5 heteroatoms. The molecule has 0 spiro atoms. The Balaban J connectivity index is 2.46. The molecule has 1 aromatic heterocycles. The van der Waals surface area contributed by atoms with Crippen LogP contribution >= 0.6 is 15.9 Å². The zero-order valence-electron chi connectivity index (χ0n) is 11.5. The first-order chi connectivity index (χ1) is 9.02. The summed E-state index contributed by atoms with van der Waals surface area (Å²) in [6.45, 7) is 4.22. The van der Waals surface area contributed by atoms with Gasteiger partial charge in [-0.05, 0) is 35.3 Å². The van der Waals surface area contributed by atoms with Crippen LogP contribution in [0.1, 0.15) is 39.5 Å². The highest BCUT2D eigenvalue weighted by Gasteiger charge is 2.08. The maximum Gasteiger partial charge on any atom is 0.251 e. The molecule has 0 aliphatic heterocycles. The SMILES string of the molecule is CCCCCC(C)NC(=O)Cn1cc(Br)ccc1=O. The fourth-order valence-electron chi connectivity index (χ4n) is 1.87. The fourth-order valence-corrected chi connectivity index (χ4v) is 2.25. The number of carbonyl (C=O) groups excluding carboxylic acids is 1. The normalized spacial score (nSPS) is 12.2. The molecule has 19 heavy (non-hydrogen) atoms. The Morgan fingerprint density at radius 1 is 1.42 bits per heavy atom. The molecule has 1 rings (SSSR count). The van der Waals surface area contributed by atoms with Gasteiger partial charge in [0.15, 0.2) is 0 Å². The number of nitrogens with one attached hydrogen (secondary N) is 1. The van der Waals surface area contributed by atoms with E-state index in [-0.39, 0.29) is 24.1 Å².